The summed E-state index contributed by atoms with van der Waals surface area (Å²) in [6.45, 7) is 3.69. The van der Waals surface area contributed by atoms with Crippen molar-refractivity contribution in [2.45, 2.75) is 33.1 Å². The van der Waals surface area contributed by atoms with Crippen LogP contribution in [-0.4, -0.2) is 39.8 Å². The van der Waals surface area contributed by atoms with Gasteiger partial charge in [-0.05, 0) is 43.2 Å². The number of halogens is 4. The molecule has 1 aromatic carbocycles. The van der Waals surface area contributed by atoms with E-state index in [0.717, 1.165) is 16.9 Å². The molecule has 3 aromatic rings. The molecule has 0 bridgehead atoms. The van der Waals surface area contributed by atoms with Gasteiger partial charge in [0.25, 0.3) is 0 Å². The second-order valence-electron chi connectivity index (χ2n) is 7.06. The summed E-state index contributed by atoms with van der Waals surface area (Å²) in [5.41, 5.74) is 2.38. The number of alkyl halides is 3. The van der Waals surface area contributed by atoms with Crippen LogP contribution in [0.5, 0.6) is 5.75 Å². The second-order valence-corrected chi connectivity index (χ2v) is 7.06. The van der Waals surface area contributed by atoms with Crippen LogP contribution < -0.4 is 15.4 Å². The molecule has 0 aliphatic carbocycles. The molecule has 2 heterocycles. The molecule has 0 spiro atoms. The second kappa shape index (κ2) is 12.4. The number of benzene rings is 1. The largest absolute Gasteiger partial charge is 0.484 e. The number of imidazole rings is 1. The summed E-state index contributed by atoms with van der Waals surface area (Å²) >= 11 is 0. The highest BCUT2D eigenvalue weighted by atomic mass is 127. The van der Waals surface area contributed by atoms with Crippen molar-refractivity contribution in [1.82, 2.24) is 25.2 Å². The number of nitrogens with zero attached hydrogens (tertiary/aromatic N) is 4. The molecule has 3 rings (SSSR count). The lowest BCUT2D eigenvalue weighted by atomic mass is 10.1. The molecule has 178 valence electrons. The first-order valence-corrected chi connectivity index (χ1v) is 10.1. The average molecular weight is 574 g/mol. The van der Waals surface area contributed by atoms with Gasteiger partial charge in [-0.2, -0.15) is 13.2 Å². The highest BCUT2D eigenvalue weighted by Crippen LogP contribution is 2.23. The number of guanidine groups is 1. The molecule has 11 heteroatoms. The Balaban J connectivity index is 0.00000385. The standard InChI is InChI=1S/C22H25F3N6O.HI/c1-3-27-21(29-12-17-6-7-28-20(11-17)31-9-8-26-15-31)30-13-18-5-4-16(2)10-19(18)32-14-22(23,24)25;/h4-11,15H,3,12-14H2,1-2H3,(H2,27,29,30);1H. The maximum Gasteiger partial charge on any atom is 0.422 e. The number of ether oxygens (including phenoxy) is 1. The monoisotopic (exact) mass is 574 g/mol. The van der Waals surface area contributed by atoms with Crippen molar-refractivity contribution < 1.29 is 17.9 Å². The van der Waals surface area contributed by atoms with Crippen LogP contribution in [0.3, 0.4) is 0 Å². The Morgan fingerprint density at radius 1 is 1.15 bits per heavy atom. The van der Waals surface area contributed by atoms with E-state index >= 15 is 0 Å². The predicted molar refractivity (Wildman–Crippen MR) is 131 cm³/mol. The van der Waals surface area contributed by atoms with Gasteiger partial charge in [0.15, 0.2) is 12.6 Å². The lowest BCUT2D eigenvalue weighted by molar-refractivity contribution is -0.153. The molecule has 33 heavy (non-hydrogen) atoms. The molecule has 0 radical (unpaired) electrons. The van der Waals surface area contributed by atoms with Gasteiger partial charge in [0, 0.05) is 37.2 Å². The summed E-state index contributed by atoms with van der Waals surface area (Å²) in [5.74, 6) is 1.47. The summed E-state index contributed by atoms with van der Waals surface area (Å²) in [6.07, 6.45) is 2.46. The predicted octanol–water partition coefficient (Wildman–Crippen LogP) is 4.39. The van der Waals surface area contributed by atoms with Crippen molar-refractivity contribution >= 4 is 29.9 Å². The number of aliphatic imine (C=N–C) groups is 1. The molecule has 0 fully saturated rings. The number of aromatic nitrogens is 3. The van der Waals surface area contributed by atoms with Crippen LogP contribution >= 0.6 is 24.0 Å². The van der Waals surface area contributed by atoms with Gasteiger partial charge in [0.1, 0.15) is 17.9 Å². The Kier molecular flexibility index (Phi) is 9.95. The molecule has 7 nitrogen and oxygen atoms in total. The van der Waals surface area contributed by atoms with Gasteiger partial charge in [-0.1, -0.05) is 12.1 Å². The topological polar surface area (TPSA) is 76.4 Å². The Labute approximate surface area is 207 Å². The van der Waals surface area contributed by atoms with E-state index in [1.165, 1.54) is 0 Å². The van der Waals surface area contributed by atoms with Gasteiger partial charge in [-0.25, -0.2) is 15.0 Å². The van der Waals surface area contributed by atoms with Crippen molar-refractivity contribution in [3.8, 4) is 11.6 Å². The quantitative estimate of drug-likeness (QED) is 0.237. The van der Waals surface area contributed by atoms with Crippen LogP contribution in [0.1, 0.15) is 23.6 Å². The molecular weight excluding hydrogens is 548 g/mol. The molecule has 2 N–H and O–H groups in total. The fourth-order valence-corrected chi connectivity index (χ4v) is 2.89. The number of hydrogen-bond acceptors (Lipinski definition) is 4. The Morgan fingerprint density at radius 2 is 1.97 bits per heavy atom. The normalized spacial score (nSPS) is 11.6. The number of aryl methyl sites for hydroxylation is 1. The molecule has 0 amide bonds. The van der Waals surface area contributed by atoms with E-state index in [2.05, 4.69) is 25.6 Å². The first-order chi connectivity index (χ1) is 15.3. The fourth-order valence-electron chi connectivity index (χ4n) is 2.89. The molecule has 0 atom stereocenters. The van der Waals surface area contributed by atoms with Crippen LogP contribution in [-0.2, 0) is 13.1 Å². The Hall–Kier alpha value is -2.83. The summed E-state index contributed by atoms with van der Waals surface area (Å²) < 4.78 is 44.6. The molecule has 0 saturated carbocycles. The average Bonchev–Trinajstić information content (AvgIpc) is 3.30. The molecule has 0 saturated heterocycles. The number of hydrogen-bond donors (Lipinski definition) is 2. The van der Waals surface area contributed by atoms with E-state index in [4.69, 9.17) is 4.74 Å². The van der Waals surface area contributed by atoms with Crippen LogP contribution in [0.2, 0.25) is 0 Å². The minimum Gasteiger partial charge on any atom is -0.484 e. The van der Waals surface area contributed by atoms with E-state index < -0.39 is 12.8 Å². The van der Waals surface area contributed by atoms with E-state index in [1.54, 1.807) is 48.5 Å². The molecular formula is C22H26F3IN6O. The minimum atomic E-state index is -4.40. The first kappa shape index (κ1) is 26.4. The van der Waals surface area contributed by atoms with Crippen molar-refractivity contribution in [2.24, 2.45) is 4.99 Å². The van der Waals surface area contributed by atoms with Crippen molar-refractivity contribution in [2.75, 3.05) is 13.2 Å². The third kappa shape index (κ3) is 8.56. The third-order valence-corrected chi connectivity index (χ3v) is 4.40. The van der Waals surface area contributed by atoms with Gasteiger partial charge in [-0.15, -0.1) is 24.0 Å². The highest BCUT2D eigenvalue weighted by Gasteiger charge is 2.28. The minimum absolute atomic E-state index is 0. The highest BCUT2D eigenvalue weighted by molar-refractivity contribution is 14.0. The maximum atomic E-state index is 12.6. The Morgan fingerprint density at radius 3 is 2.67 bits per heavy atom. The maximum absolute atomic E-state index is 12.6. The molecule has 2 aromatic heterocycles. The summed E-state index contributed by atoms with van der Waals surface area (Å²) in [5, 5.41) is 6.29. The first-order valence-electron chi connectivity index (χ1n) is 10.1. The van der Waals surface area contributed by atoms with Gasteiger partial charge < -0.3 is 15.4 Å². The summed E-state index contributed by atoms with van der Waals surface area (Å²) in [6, 6.07) is 8.96. The van der Waals surface area contributed by atoms with Gasteiger partial charge >= 0.3 is 6.18 Å². The van der Waals surface area contributed by atoms with Gasteiger partial charge in [0.05, 0.1) is 6.54 Å². The van der Waals surface area contributed by atoms with Gasteiger partial charge in [0.2, 0.25) is 0 Å². The van der Waals surface area contributed by atoms with Crippen molar-refractivity contribution in [3.63, 3.8) is 0 Å². The summed E-state index contributed by atoms with van der Waals surface area (Å²) in [7, 11) is 0. The van der Waals surface area contributed by atoms with Crippen LogP contribution in [0.4, 0.5) is 13.2 Å². The van der Waals surface area contributed by atoms with Crippen LogP contribution in [0.15, 0.2) is 60.2 Å². The third-order valence-electron chi connectivity index (χ3n) is 4.40. The molecule has 0 aliphatic heterocycles. The zero-order chi connectivity index (χ0) is 23.0. The molecule has 0 aliphatic rings. The smallest absolute Gasteiger partial charge is 0.422 e. The lowest BCUT2D eigenvalue weighted by Gasteiger charge is -2.16. The van der Waals surface area contributed by atoms with E-state index in [9.17, 15) is 13.2 Å². The lowest BCUT2D eigenvalue weighted by Crippen LogP contribution is -2.37. The fraction of sp³-hybridized carbons (Fsp3) is 0.318. The van der Waals surface area contributed by atoms with Crippen molar-refractivity contribution in [3.05, 3.63) is 71.9 Å². The molecule has 0 unspecified atom stereocenters. The summed E-state index contributed by atoms with van der Waals surface area (Å²) in [4.78, 5) is 12.9. The van der Waals surface area contributed by atoms with Crippen molar-refractivity contribution in [1.29, 1.82) is 0 Å². The van der Waals surface area contributed by atoms with E-state index in [-0.39, 0.29) is 36.3 Å². The van der Waals surface area contributed by atoms with Crippen LogP contribution in [0, 0.1) is 6.92 Å². The number of nitrogens with one attached hydrogen (secondary N) is 2. The van der Waals surface area contributed by atoms with E-state index in [1.807, 2.05) is 25.1 Å². The Bertz CT molecular complexity index is 1040. The zero-order valence-electron chi connectivity index (χ0n) is 18.3. The van der Waals surface area contributed by atoms with Gasteiger partial charge in [-0.3, -0.25) is 4.57 Å². The number of rotatable bonds is 8. The van der Waals surface area contributed by atoms with E-state index in [0.29, 0.717) is 24.6 Å². The van der Waals surface area contributed by atoms with Crippen LogP contribution in [0.25, 0.3) is 5.82 Å². The number of pyridine rings is 1. The SMILES string of the molecule is CCNC(=NCc1ccnc(-n2ccnc2)c1)NCc1ccc(C)cc1OCC(F)(F)F.I. The zero-order valence-corrected chi connectivity index (χ0v) is 20.6.